The van der Waals surface area contributed by atoms with Crippen LogP contribution >= 0.6 is 11.6 Å². The molecule has 0 saturated carbocycles. The Morgan fingerprint density at radius 3 is 3.06 bits per heavy atom. The molecule has 0 N–H and O–H groups in total. The predicted molar refractivity (Wildman–Crippen MR) is 67.0 cm³/mol. The molecule has 2 heterocycles. The lowest BCUT2D eigenvalue weighted by molar-refractivity contribution is 0.131. The van der Waals surface area contributed by atoms with Crippen molar-refractivity contribution in [2.75, 3.05) is 6.61 Å². The first-order chi connectivity index (χ1) is 8.83. The Morgan fingerprint density at radius 2 is 2.17 bits per heavy atom. The number of hydrogen-bond donors (Lipinski definition) is 0. The van der Waals surface area contributed by atoms with Gasteiger partial charge in [-0.2, -0.15) is 4.98 Å². The van der Waals surface area contributed by atoms with E-state index in [-0.39, 0.29) is 6.10 Å². The Hall–Kier alpha value is -1.81. The molecule has 18 heavy (non-hydrogen) atoms. The van der Waals surface area contributed by atoms with Crippen LogP contribution in [0.1, 0.15) is 18.1 Å². The summed E-state index contributed by atoms with van der Waals surface area (Å²) in [5, 5.41) is 0.327. The second-order valence-corrected chi connectivity index (χ2v) is 4.35. The molecule has 1 aromatic carbocycles. The van der Waals surface area contributed by atoms with Crippen LogP contribution in [0.5, 0.6) is 11.6 Å². The molecule has 2 aromatic rings. The fourth-order valence-corrected chi connectivity index (χ4v) is 2.10. The Balaban J connectivity index is 1.86. The lowest BCUT2D eigenvalue weighted by Gasteiger charge is -2.25. The summed E-state index contributed by atoms with van der Waals surface area (Å²) in [7, 11) is 0. The van der Waals surface area contributed by atoms with E-state index < -0.39 is 0 Å². The Bertz CT molecular complexity index is 562. The SMILES string of the molecule is Clc1cncc(OC2CCOc3ccccc32)n1. The number of halogens is 1. The third kappa shape index (κ3) is 2.24. The highest BCUT2D eigenvalue weighted by atomic mass is 35.5. The van der Waals surface area contributed by atoms with Crippen LogP contribution in [0.3, 0.4) is 0 Å². The third-order valence-electron chi connectivity index (χ3n) is 2.75. The molecule has 0 bridgehead atoms. The average Bonchev–Trinajstić information content (AvgIpc) is 2.39. The molecule has 0 amide bonds. The van der Waals surface area contributed by atoms with E-state index in [1.54, 1.807) is 6.20 Å². The summed E-state index contributed by atoms with van der Waals surface area (Å²) in [5.41, 5.74) is 1.03. The average molecular weight is 263 g/mol. The molecule has 4 nitrogen and oxygen atoms in total. The molecule has 92 valence electrons. The van der Waals surface area contributed by atoms with Crippen molar-refractivity contribution in [2.45, 2.75) is 12.5 Å². The smallest absolute Gasteiger partial charge is 0.234 e. The topological polar surface area (TPSA) is 44.2 Å². The van der Waals surface area contributed by atoms with Gasteiger partial charge < -0.3 is 9.47 Å². The number of rotatable bonds is 2. The van der Waals surface area contributed by atoms with Crippen molar-refractivity contribution < 1.29 is 9.47 Å². The van der Waals surface area contributed by atoms with Crippen LogP contribution in [0.25, 0.3) is 0 Å². The molecular formula is C13H11ClN2O2. The minimum atomic E-state index is -0.0669. The Morgan fingerprint density at radius 1 is 1.28 bits per heavy atom. The summed E-state index contributed by atoms with van der Waals surface area (Å²) in [5.74, 6) is 1.30. The van der Waals surface area contributed by atoms with Gasteiger partial charge in [0.05, 0.1) is 19.0 Å². The van der Waals surface area contributed by atoms with E-state index in [9.17, 15) is 0 Å². The Labute approximate surface area is 110 Å². The lowest BCUT2D eigenvalue weighted by Crippen LogP contribution is -2.19. The van der Waals surface area contributed by atoms with Crippen LogP contribution in [-0.4, -0.2) is 16.6 Å². The van der Waals surface area contributed by atoms with E-state index in [0.29, 0.717) is 17.6 Å². The summed E-state index contributed by atoms with van der Waals surface area (Å²) in [6, 6.07) is 7.85. The maximum absolute atomic E-state index is 5.82. The van der Waals surface area contributed by atoms with Crippen LogP contribution in [0, 0.1) is 0 Å². The highest BCUT2D eigenvalue weighted by molar-refractivity contribution is 6.29. The zero-order valence-corrected chi connectivity index (χ0v) is 10.3. The summed E-state index contributed by atoms with van der Waals surface area (Å²) in [6.45, 7) is 0.635. The molecule has 0 radical (unpaired) electrons. The van der Waals surface area contributed by atoms with Crippen molar-refractivity contribution in [3.63, 3.8) is 0 Å². The van der Waals surface area contributed by atoms with Gasteiger partial charge >= 0.3 is 0 Å². The van der Waals surface area contributed by atoms with Gasteiger partial charge in [0.1, 0.15) is 11.9 Å². The predicted octanol–water partition coefficient (Wildman–Crippen LogP) is 3.03. The van der Waals surface area contributed by atoms with Crippen molar-refractivity contribution in [2.24, 2.45) is 0 Å². The van der Waals surface area contributed by atoms with Gasteiger partial charge in [0, 0.05) is 12.0 Å². The van der Waals surface area contributed by atoms with Gasteiger partial charge in [-0.25, -0.2) is 0 Å². The molecule has 0 saturated heterocycles. The molecule has 1 aliphatic heterocycles. The monoisotopic (exact) mass is 262 g/mol. The lowest BCUT2D eigenvalue weighted by atomic mass is 10.0. The van der Waals surface area contributed by atoms with E-state index in [4.69, 9.17) is 21.1 Å². The summed E-state index contributed by atoms with van der Waals surface area (Å²) >= 11 is 5.78. The summed E-state index contributed by atoms with van der Waals surface area (Å²) in [4.78, 5) is 8.04. The zero-order valence-electron chi connectivity index (χ0n) is 9.54. The molecule has 0 spiro atoms. The fourth-order valence-electron chi connectivity index (χ4n) is 1.96. The molecule has 0 aliphatic carbocycles. The first kappa shape index (κ1) is 11.3. The number of nitrogens with zero attached hydrogens (tertiary/aromatic N) is 2. The van der Waals surface area contributed by atoms with Crippen LogP contribution in [0.2, 0.25) is 5.15 Å². The molecule has 1 unspecified atom stereocenters. The second kappa shape index (κ2) is 4.82. The molecule has 3 rings (SSSR count). The van der Waals surface area contributed by atoms with E-state index in [2.05, 4.69) is 9.97 Å². The quantitative estimate of drug-likeness (QED) is 0.834. The summed E-state index contributed by atoms with van der Waals surface area (Å²) < 4.78 is 11.4. The van der Waals surface area contributed by atoms with E-state index in [0.717, 1.165) is 17.7 Å². The number of hydrogen-bond acceptors (Lipinski definition) is 4. The zero-order chi connectivity index (χ0) is 12.4. The number of benzene rings is 1. The van der Waals surface area contributed by atoms with Gasteiger partial charge in [-0.15, -0.1) is 0 Å². The van der Waals surface area contributed by atoms with Crippen molar-refractivity contribution in [3.8, 4) is 11.6 Å². The first-order valence-electron chi connectivity index (χ1n) is 5.69. The Kier molecular flexibility index (Phi) is 3.02. The number of aromatic nitrogens is 2. The van der Waals surface area contributed by atoms with Crippen LogP contribution < -0.4 is 9.47 Å². The van der Waals surface area contributed by atoms with Gasteiger partial charge in [-0.3, -0.25) is 4.98 Å². The van der Waals surface area contributed by atoms with Crippen LogP contribution in [0.4, 0.5) is 0 Å². The van der Waals surface area contributed by atoms with Gasteiger partial charge in [0.15, 0.2) is 5.15 Å². The minimum Gasteiger partial charge on any atom is -0.493 e. The first-order valence-corrected chi connectivity index (χ1v) is 6.06. The van der Waals surface area contributed by atoms with Crippen molar-refractivity contribution in [3.05, 3.63) is 47.4 Å². The largest absolute Gasteiger partial charge is 0.493 e. The maximum atomic E-state index is 5.82. The van der Waals surface area contributed by atoms with E-state index >= 15 is 0 Å². The van der Waals surface area contributed by atoms with E-state index in [1.165, 1.54) is 6.20 Å². The standard InChI is InChI=1S/C13H11ClN2O2/c14-12-7-15-8-13(16-12)18-11-5-6-17-10-4-2-1-3-9(10)11/h1-4,7-8,11H,5-6H2. The van der Waals surface area contributed by atoms with Gasteiger partial charge in [-0.1, -0.05) is 29.8 Å². The van der Waals surface area contributed by atoms with Crippen molar-refractivity contribution in [1.82, 2.24) is 9.97 Å². The molecule has 0 fully saturated rings. The number of fused-ring (bicyclic) bond motifs is 1. The van der Waals surface area contributed by atoms with Gasteiger partial charge in [-0.05, 0) is 6.07 Å². The van der Waals surface area contributed by atoms with Crippen LogP contribution in [0.15, 0.2) is 36.7 Å². The van der Waals surface area contributed by atoms with E-state index in [1.807, 2.05) is 24.3 Å². The molecule has 1 aliphatic rings. The van der Waals surface area contributed by atoms with Crippen LogP contribution in [-0.2, 0) is 0 Å². The second-order valence-electron chi connectivity index (χ2n) is 3.96. The number of para-hydroxylation sites is 1. The fraction of sp³-hybridized carbons (Fsp3) is 0.231. The minimum absolute atomic E-state index is 0.0669. The highest BCUT2D eigenvalue weighted by Gasteiger charge is 2.23. The molecule has 1 aromatic heterocycles. The van der Waals surface area contributed by atoms with Crippen molar-refractivity contribution >= 4 is 11.6 Å². The third-order valence-corrected chi connectivity index (χ3v) is 2.93. The number of ether oxygens (including phenoxy) is 2. The summed E-state index contributed by atoms with van der Waals surface area (Å²) in [6.07, 6.45) is 3.75. The molecular weight excluding hydrogens is 252 g/mol. The molecule has 5 heteroatoms. The van der Waals surface area contributed by atoms with Gasteiger partial charge in [0.2, 0.25) is 5.88 Å². The highest BCUT2D eigenvalue weighted by Crippen LogP contribution is 2.34. The van der Waals surface area contributed by atoms with Crippen molar-refractivity contribution in [1.29, 1.82) is 0 Å². The molecule has 1 atom stereocenters. The normalized spacial score (nSPS) is 17.7. The maximum Gasteiger partial charge on any atom is 0.234 e. The van der Waals surface area contributed by atoms with Gasteiger partial charge in [0.25, 0.3) is 0 Å².